The lowest BCUT2D eigenvalue weighted by Gasteiger charge is -2.30. The summed E-state index contributed by atoms with van der Waals surface area (Å²) in [4.78, 5) is 33.5. The standard InChI is InChI=1S/C26H23BrCl2N4O3/c1-16(32(14-15-36-2)26(35)31-22-9-5-7-20(28)23(22)29)24-30-21-8-4-3-6-19(21)25(34)33(24)18-12-10-17(27)11-13-18/h3-13,16H,14-15H2,1-2H3,(H,31,35). The zero-order valence-electron chi connectivity index (χ0n) is 19.5. The second kappa shape index (κ2) is 11.4. The van der Waals surface area contributed by atoms with Crippen molar-refractivity contribution in [1.82, 2.24) is 14.5 Å². The van der Waals surface area contributed by atoms with Gasteiger partial charge in [0, 0.05) is 18.1 Å². The van der Waals surface area contributed by atoms with Crippen molar-refractivity contribution in [3.63, 3.8) is 0 Å². The Balaban J connectivity index is 1.83. The average Bonchev–Trinajstić information content (AvgIpc) is 2.87. The second-order valence-electron chi connectivity index (χ2n) is 8.00. The number of anilines is 1. The number of nitrogens with zero attached hydrogens (tertiary/aromatic N) is 3. The molecule has 4 rings (SSSR count). The number of urea groups is 1. The number of ether oxygens (including phenoxy) is 1. The Kier molecular flexibility index (Phi) is 8.31. The number of nitrogens with one attached hydrogen (secondary N) is 1. The van der Waals surface area contributed by atoms with E-state index in [1.54, 1.807) is 53.0 Å². The predicted molar refractivity (Wildman–Crippen MR) is 148 cm³/mol. The van der Waals surface area contributed by atoms with Crippen LogP contribution < -0.4 is 10.9 Å². The number of rotatable bonds is 7. The van der Waals surface area contributed by atoms with E-state index < -0.39 is 12.1 Å². The summed E-state index contributed by atoms with van der Waals surface area (Å²) in [5.41, 5.74) is 1.33. The molecule has 0 aliphatic carbocycles. The van der Waals surface area contributed by atoms with Gasteiger partial charge < -0.3 is 15.0 Å². The molecule has 0 fully saturated rings. The van der Waals surface area contributed by atoms with Gasteiger partial charge >= 0.3 is 6.03 Å². The molecule has 0 bridgehead atoms. The number of carbonyl (C=O) groups is 1. The van der Waals surface area contributed by atoms with Crippen molar-refractivity contribution in [2.45, 2.75) is 13.0 Å². The highest BCUT2D eigenvalue weighted by Gasteiger charge is 2.27. The summed E-state index contributed by atoms with van der Waals surface area (Å²) >= 11 is 15.9. The molecule has 0 radical (unpaired) electrons. The zero-order chi connectivity index (χ0) is 25.8. The van der Waals surface area contributed by atoms with Crippen LogP contribution >= 0.6 is 39.1 Å². The molecular weight excluding hydrogens is 567 g/mol. The van der Waals surface area contributed by atoms with Gasteiger partial charge in [-0.2, -0.15) is 0 Å². The van der Waals surface area contributed by atoms with E-state index in [2.05, 4.69) is 21.2 Å². The fourth-order valence-electron chi connectivity index (χ4n) is 3.86. The van der Waals surface area contributed by atoms with Crippen LogP contribution in [-0.2, 0) is 4.74 Å². The lowest BCUT2D eigenvalue weighted by molar-refractivity contribution is 0.137. The molecule has 1 N–H and O–H groups in total. The average molecular weight is 590 g/mol. The number of para-hydroxylation sites is 1. The highest BCUT2D eigenvalue weighted by atomic mass is 79.9. The van der Waals surface area contributed by atoms with Gasteiger partial charge in [0.1, 0.15) is 5.82 Å². The van der Waals surface area contributed by atoms with E-state index in [0.29, 0.717) is 33.1 Å². The van der Waals surface area contributed by atoms with Gasteiger partial charge in [-0.3, -0.25) is 9.36 Å². The minimum atomic E-state index is -0.612. The zero-order valence-corrected chi connectivity index (χ0v) is 22.6. The number of benzene rings is 3. The topological polar surface area (TPSA) is 76.5 Å². The van der Waals surface area contributed by atoms with Crippen LogP contribution in [0, 0.1) is 0 Å². The Morgan fingerprint density at radius 2 is 1.83 bits per heavy atom. The van der Waals surface area contributed by atoms with E-state index >= 15 is 0 Å². The molecule has 7 nitrogen and oxygen atoms in total. The lowest BCUT2D eigenvalue weighted by atomic mass is 10.2. The first-order valence-electron chi connectivity index (χ1n) is 11.1. The van der Waals surface area contributed by atoms with Gasteiger partial charge in [0.25, 0.3) is 5.56 Å². The van der Waals surface area contributed by atoms with Crippen LogP contribution in [0.3, 0.4) is 0 Å². The van der Waals surface area contributed by atoms with Crippen molar-refractivity contribution in [3.8, 4) is 5.69 Å². The summed E-state index contributed by atoms with van der Waals surface area (Å²) in [5.74, 6) is 0.407. The molecule has 0 spiro atoms. The second-order valence-corrected chi connectivity index (χ2v) is 9.70. The summed E-state index contributed by atoms with van der Waals surface area (Å²) in [6.07, 6.45) is 0. The Bertz CT molecular complexity index is 1460. The van der Waals surface area contributed by atoms with Crippen molar-refractivity contribution in [2.24, 2.45) is 0 Å². The van der Waals surface area contributed by atoms with E-state index in [9.17, 15) is 9.59 Å². The summed E-state index contributed by atoms with van der Waals surface area (Å²) in [7, 11) is 1.56. The quantitative estimate of drug-likeness (QED) is 0.260. The van der Waals surface area contributed by atoms with Crippen LogP contribution in [0.1, 0.15) is 18.8 Å². The van der Waals surface area contributed by atoms with Gasteiger partial charge in [-0.05, 0) is 55.5 Å². The maximum absolute atomic E-state index is 13.7. The van der Waals surface area contributed by atoms with Crippen LogP contribution in [0.4, 0.5) is 10.5 Å². The maximum atomic E-state index is 13.7. The van der Waals surface area contributed by atoms with Gasteiger partial charge in [-0.15, -0.1) is 0 Å². The molecule has 0 saturated carbocycles. The molecule has 2 amide bonds. The smallest absolute Gasteiger partial charge is 0.322 e. The molecule has 1 atom stereocenters. The first kappa shape index (κ1) is 26.2. The first-order valence-corrected chi connectivity index (χ1v) is 12.6. The minimum absolute atomic E-state index is 0.227. The predicted octanol–water partition coefficient (Wildman–Crippen LogP) is 6.70. The van der Waals surface area contributed by atoms with Gasteiger partial charge in [0.15, 0.2) is 0 Å². The third kappa shape index (κ3) is 5.42. The van der Waals surface area contributed by atoms with E-state index in [0.717, 1.165) is 4.47 Å². The van der Waals surface area contributed by atoms with Crippen molar-refractivity contribution in [2.75, 3.05) is 25.6 Å². The molecular formula is C26H23BrCl2N4O3. The molecule has 0 aliphatic heterocycles. The fraction of sp³-hybridized carbons (Fsp3) is 0.192. The monoisotopic (exact) mass is 588 g/mol. The minimum Gasteiger partial charge on any atom is -0.383 e. The Morgan fingerprint density at radius 1 is 1.11 bits per heavy atom. The largest absolute Gasteiger partial charge is 0.383 e. The summed E-state index contributed by atoms with van der Waals surface area (Å²) in [5, 5.41) is 3.87. The Hall–Kier alpha value is -2.91. The summed E-state index contributed by atoms with van der Waals surface area (Å²) in [6, 6.07) is 18.4. The highest BCUT2D eigenvalue weighted by Crippen LogP contribution is 2.31. The van der Waals surface area contributed by atoms with Crippen molar-refractivity contribution in [3.05, 3.63) is 97.4 Å². The summed E-state index contributed by atoms with van der Waals surface area (Å²) in [6.45, 7) is 2.34. The molecule has 1 heterocycles. The van der Waals surface area contributed by atoms with Gasteiger partial charge in [0.2, 0.25) is 0 Å². The normalized spacial score (nSPS) is 11.9. The molecule has 0 saturated heterocycles. The van der Waals surface area contributed by atoms with E-state index in [1.165, 1.54) is 0 Å². The van der Waals surface area contributed by atoms with Crippen LogP contribution in [0.5, 0.6) is 0 Å². The highest BCUT2D eigenvalue weighted by molar-refractivity contribution is 9.10. The van der Waals surface area contributed by atoms with Gasteiger partial charge in [-0.25, -0.2) is 9.78 Å². The fourth-order valence-corrected chi connectivity index (χ4v) is 4.47. The van der Waals surface area contributed by atoms with Crippen molar-refractivity contribution >= 4 is 61.8 Å². The molecule has 3 aromatic carbocycles. The number of hydrogen-bond donors (Lipinski definition) is 1. The number of hydrogen-bond acceptors (Lipinski definition) is 4. The molecule has 36 heavy (non-hydrogen) atoms. The Labute approximate surface area is 226 Å². The van der Waals surface area contributed by atoms with Crippen LogP contribution in [-0.4, -0.2) is 40.7 Å². The number of carbonyl (C=O) groups excluding carboxylic acids is 1. The molecule has 186 valence electrons. The summed E-state index contributed by atoms with van der Waals surface area (Å²) < 4.78 is 7.68. The number of fused-ring (bicyclic) bond motifs is 1. The van der Waals surface area contributed by atoms with Crippen molar-refractivity contribution in [1.29, 1.82) is 0 Å². The Morgan fingerprint density at radius 3 is 2.56 bits per heavy atom. The van der Waals surface area contributed by atoms with Crippen LogP contribution in [0.2, 0.25) is 10.0 Å². The molecule has 1 aromatic heterocycles. The van der Waals surface area contributed by atoms with Gasteiger partial charge in [-0.1, -0.05) is 57.3 Å². The third-order valence-corrected chi connectivity index (χ3v) is 7.07. The third-order valence-electron chi connectivity index (χ3n) is 5.72. The number of amides is 2. The SMILES string of the molecule is COCCN(C(=O)Nc1cccc(Cl)c1Cl)C(C)c1nc2ccccc2c(=O)n1-c1ccc(Br)cc1. The lowest BCUT2D eigenvalue weighted by Crippen LogP contribution is -2.41. The molecule has 1 unspecified atom stereocenters. The number of halogens is 3. The van der Waals surface area contributed by atoms with Gasteiger partial charge in [0.05, 0.1) is 45.0 Å². The molecule has 0 aliphatic rings. The number of methoxy groups -OCH3 is 1. The van der Waals surface area contributed by atoms with E-state index in [1.807, 2.05) is 37.3 Å². The first-order chi connectivity index (χ1) is 17.3. The molecule has 10 heteroatoms. The maximum Gasteiger partial charge on any atom is 0.322 e. The van der Waals surface area contributed by atoms with E-state index in [-0.39, 0.29) is 23.7 Å². The molecule has 4 aromatic rings. The van der Waals surface area contributed by atoms with Crippen molar-refractivity contribution < 1.29 is 9.53 Å². The number of aromatic nitrogens is 2. The van der Waals surface area contributed by atoms with Crippen LogP contribution in [0.25, 0.3) is 16.6 Å². The van der Waals surface area contributed by atoms with Crippen LogP contribution in [0.15, 0.2) is 76.0 Å². The van der Waals surface area contributed by atoms with E-state index in [4.69, 9.17) is 32.9 Å².